The molecule has 2 rings (SSSR count). The lowest BCUT2D eigenvalue weighted by atomic mass is 10.2. The Morgan fingerprint density at radius 1 is 1.12 bits per heavy atom. The number of carbonyl (C=O) groups is 2. The van der Waals surface area contributed by atoms with Crippen LogP contribution in [-0.4, -0.2) is 25.5 Å². The smallest absolute Gasteiger partial charge is 0.325 e. The molecule has 0 saturated heterocycles. The van der Waals surface area contributed by atoms with E-state index in [1.165, 1.54) is 19.2 Å². The highest BCUT2D eigenvalue weighted by Gasteiger charge is 2.15. The molecule has 0 atom stereocenters. The van der Waals surface area contributed by atoms with Crippen molar-refractivity contribution >= 4 is 40.8 Å². The number of amides is 1. The van der Waals surface area contributed by atoms with Gasteiger partial charge >= 0.3 is 5.97 Å². The first-order valence-corrected chi connectivity index (χ1v) is 7.53. The fraction of sp³-hybridized carbons (Fsp3) is 0.125. The summed E-state index contributed by atoms with van der Waals surface area (Å²) >= 11 is 12.3. The van der Waals surface area contributed by atoms with Crippen molar-refractivity contribution in [2.75, 3.05) is 19.4 Å². The summed E-state index contributed by atoms with van der Waals surface area (Å²) in [5, 5.41) is 2.70. The number of ether oxygens (including phenoxy) is 2. The van der Waals surface area contributed by atoms with E-state index < -0.39 is 11.9 Å². The van der Waals surface area contributed by atoms with Gasteiger partial charge in [0, 0.05) is 11.3 Å². The van der Waals surface area contributed by atoms with E-state index in [4.69, 9.17) is 33.7 Å². The molecular formula is C16H14Cl2N2O4. The van der Waals surface area contributed by atoms with Gasteiger partial charge in [0.2, 0.25) is 0 Å². The van der Waals surface area contributed by atoms with Gasteiger partial charge in [0.25, 0.3) is 5.91 Å². The number of esters is 1. The highest BCUT2D eigenvalue weighted by atomic mass is 35.5. The van der Waals surface area contributed by atoms with Gasteiger partial charge in [-0.3, -0.25) is 9.59 Å². The summed E-state index contributed by atoms with van der Waals surface area (Å²) in [4.78, 5) is 23.0. The van der Waals surface area contributed by atoms with Gasteiger partial charge in [-0.1, -0.05) is 23.2 Å². The molecule has 0 saturated carbocycles. The van der Waals surface area contributed by atoms with Crippen molar-refractivity contribution in [3.05, 3.63) is 52.0 Å². The van der Waals surface area contributed by atoms with Crippen LogP contribution in [0, 0.1) is 0 Å². The third-order valence-electron chi connectivity index (χ3n) is 2.98. The second-order valence-electron chi connectivity index (χ2n) is 4.70. The Balaban J connectivity index is 2.17. The highest BCUT2D eigenvalue weighted by Crippen LogP contribution is 2.37. The molecule has 8 heteroatoms. The predicted octanol–water partition coefficient (Wildman–Crippen LogP) is 3.27. The molecule has 0 fully saturated rings. The van der Waals surface area contributed by atoms with Gasteiger partial charge in [-0.25, -0.2) is 0 Å². The quantitative estimate of drug-likeness (QED) is 0.624. The van der Waals surface area contributed by atoms with Gasteiger partial charge in [-0.05, 0) is 36.4 Å². The molecule has 1 amide bonds. The molecule has 0 aliphatic carbocycles. The zero-order valence-electron chi connectivity index (χ0n) is 12.6. The van der Waals surface area contributed by atoms with E-state index in [0.29, 0.717) is 11.4 Å². The predicted molar refractivity (Wildman–Crippen MR) is 91.7 cm³/mol. The number of hydrogen-bond acceptors (Lipinski definition) is 5. The normalized spacial score (nSPS) is 10.1. The Morgan fingerprint density at radius 3 is 2.25 bits per heavy atom. The van der Waals surface area contributed by atoms with Gasteiger partial charge in [0.1, 0.15) is 12.3 Å². The summed E-state index contributed by atoms with van der Waals surface area (Å²) in [5.74, 6) is -0.365. The molecule has 0 unspecified atom stereocenters. The number of benzene rings is 2. The lowest BCUT2D eigenvalue weighted by Crippen LogP contribution is -2.30. The van der Waals surface area contributed by atoms with E-state index in [-0.39, 0.29) is 27.9 Å². The highest BCUT2D eigenvalue weighted by molar-refractivity contribution is 6.37. The second kappa shape index (κ2) is 7.90. The first-order chi connectivity index (χ1) is 11.4. The zero-order valence-corrected chi connectivity index (χ0v) is 14.1. The average Bonchev–Trinajstić information content (AvgIpc) is 2.57. The van der Waals surface area contributed by atoms with Crippen molar-refractivity contribution in [2.45, 2.75) is 0 Å². The Kier molecular flexibility index (Phi) is 5.89. The van der Waals surface area contributed by atoms with E-state index in [1.807, 2.05) is 0 Å². The average molecular weight is 369 g/mol. The molecule has 6 nitrogen and oxygen atoms in total. The zero-order chi connectivity index (χ0) is 17.7. The number of methoxy groups -OCH3 is 1. The van der Waals surface area contributed by atoms with Crippen LogP contribution in [0.5, 0.6) is 11.5 Å². The fourth-order valence-corrected chi connectivity index (χ4v) is 2.33. The SMILES string of the molecule is COC(=O)CNC(=O)c1cc(Cl)c(Oc2ccc(N)cc2)c(Cl)c1. The maximum atomic E-state index is 12.0. The topological polar surface area (TPSA) is 90.6 Å². The van der Waals surface area contributed by atoms with Crippen molar-refractivity contribution in [2.24, 2.45) is 0 Å². The maximum Gasteiger partial charge on any atom is 0.325 e. The number of nitrogens with two attached hydrogens (primary N) is 1. The van der Waals surface area contributed by atoms with Crippen molar-refractivity contribution in [1.82, 2.24) is 5.32 Å². The number of halogens is 2. The van der Waals surface area contributed by atoms with E-state index in [2.05, 4.69) is 10.1 Å². The summed E-state index contributed by atoms with van der Waals surface area (Å²) in [6, 6.07) is 9.47. The first kappa shape index (κ1) is 17.9. The van der Waals surface area contributed by atoms with E-state index in [1.54, 1.807) is 24.3 Å². The van der Waals surface area contributed by atoms with Gasteiger partial charge in [-0.2, -0.15) is 0 Å². The van der Waals surface area contributed by atoms with Crippen LogP contribution >= 0.6 is 23.2 Å². The van der Waals surface area contributed by atoms with Gasteiger partial charge in [0.15, 0.2) is 5.75 Å². The van der Waals surface area contributed by atoms with Crippen LogP contribution < -0.4 is 15.8 Å². The number of anilines is 1. The van der Waals surface area contributed by atoms with Crippen LogP contribution in [0.25, 0.3) is 0 Å². The first-order valence-electron chi connectivity index (χ1n) is 6.78. The van der Waals surface area contributed by atoms with Crippen molar-refractivity contribution in [3.8, 4) is 11.5 Å². The van der Waals surface area contributed by atoms with Gasteiger partial charge in [-0.15, -0.1) is 0 Å². The summed E-state index contributed by atoms with van der Waals surface area (Å²) in [6.45, 7) is -0.256. The molecule has 2 aromatic carbocycles. The Morgan fingerprint density at radius 2 is 1.71 bits per heavy atom. The summed E-state index contributed by atoms with van der Waals surface area (Å²) in [7, 11) is 1.23. The van der Waals surface area contributed by atoms with Crippen molar-refractivity contribution < 1.29 is 19.1 Å². The monoisotopic (exact) mass is 368 g/mol. The molecule has 0 radical (unpaired) electrons. The number of nitrogen functional groups attached to an aromatic ring is 1. The Bertz CT molecular complexity index is 740. The van der Waals surface area contributed by atoms with Crippen LogP contribution in [0.15, 0.2) is 36.4 Å². The minimum atomic E-state index is -0.566. The molecule has 2 aromatic rings. The van der Waals surface area contributed by atoms with Gasteiger partial charge in [0.05, 0.1) is 17.2 Å². The summed E-state index contributed by atoms with van der Waals surface area (Å²) in [5.41, 5.74) is 6.40. The summed E-state index contributed by atoms with van der Waals surface area (Å²) in [6.07, 6.45) is 0. The van der Waals surface area contributed by atoms with Crippen LogP contribution in [0.3, 0.4) is 0 Å². The minimum absolute atomic E-state index is 0.155. The van der Waals surface area contributed by atoms with Crippen LogP contribution in [0.1, 0.15) is 10.4 Å². The molecule has 0 bridgehead atoms. The molecule has 0 heterocycles. The number of hydrogen-bond donors (Lipinski definition) is 2. The van der Waals surface area contributed by atoms with E-state index >= 15 is 0 Å². The molecule has 0 aliphatic rings. The third-order valence-corrected chi connectivity index (χ3v) is 3.54. The van der Waals surface area contributed by atoms with Crippen LogP contribution in [0.4, 0.5) is 5.69 Å². The van der Waals surface area contributed by atoms with Crippen LogP contribution in [-0.2, 0) is 9.53 Å². The Labute approximate surface area is 148 Å². The molecule has 126 valence electrons. The number of nitrogens with one attached hydrogen (secondary N) is 1. The van der Waals surface area contributed by atoms with E-state index in [0.717, 1.165) is 0 Å². The molecule has 0 aliphatic heterocycles. The maximum absolute atomic E-state index is 12.0. The number of rotatable bonds is 5. The largest absolute Gasteiger partial charge is 0.468 e. The standard InChI is InChI=1S/C16H14Cl2N2O4/c1-23-14(21)8-20-16(22)9-6-12(17)15(13(18)7-9)24-11-4-2-10(19)3-5-11/h2-7H,8,19H2,1H3,(H,20,22). The lowest BCUT2D eigenvalue weighted by Gasteiger charge is -2.12. The van der Waals surface area contributed by atoms with E-state index in [9.17, 15) is 9.59 Å². The summed E-state index contributed by atoms with van der Waals surface area (Å²) < 4.78 is 10.1. The number of carbonyl (C=O) groups excluding carboxylic acids is 2. The molecule has 3 N–H and O–H groups in total. The second-order valence-corrected chi connectivity index (χ2v) is 5.51. The fourth-order valence-electron chi connectivity index (χ4n) is 1.77. The van der Waals surface area contributed by atoms with Gasteiger partial charge < -0.3 is 20.5 Å². The molecule has 24 heavy (non-hydrogen) atoms. The molecule has 0 aromatic heterocycles. The Hall–Kier alpha value is -2.44. The lowest BCUT2D eigenvalue weighted by molar-refractivity contribution is -0.139. The van der Waals surface area contributed by atoms with Crippen molar-refractivity contribution in [3.63, 3.8) is 0 Å². The third kappa shape index (κ3) is 4.53. The molecule has 0 spiro atoms. The minimum Gasteiger partial charge on any atom is -0.468 e. The van der Waals surface area contributed by atoms with Crippen molar-refractivity contribution in [1.29, 1.82) is 0 Å². The molecular weight excluding hydrogens is 355 g/mol. The van der Waals surface area contributed by atoms with Crippen LogP contribution in [0.2, 0.25) is 10.0 Å².